The topological polar surface area (TPSA) is 29.3 Å². The van der Waals surface area contributed by atoms with Gasteiger partial charge in [-0.25, -0.2) is 0 Å². The summed E-state index contributed by atoms with van der Waals surface area (Å²) in [7, 11) is 4.00. The number of hydrogen-bond donors (Lipinski definition) is 1. The summed E-state index contributed by atoms with van der Waals surface area (Å²) >= 11 is 0. The molecule has 0 aliphatic rings. The molecular weight excluding hydrogens is 134 g/mol. The van der Waals surface area contributed by atoms with Gasteiger partial charge in [-0.2, -0.15) is 0 Å². The van der Waals surface area contributed by atoms with Gasteiger partial charge in [0.1, 0.15) is 0 Å². The van der Waals surface area contributed by atoms with Gasteiger partial charge in [0, 0.05) is 0 Å². The molecule has 0 aliphatic heterocycles. The summed E-state index contributed by atoms with van der Waals surface area (Å²) < 4.78 is 0. The van der Waals surface area contributed by atoms with E-state index in [0.717, 1.165) is 6.42 Å². The normalized spacial score (nSPS) is 11.7. The number of nitrogens with zero attached hydrogens (tertiary/aromatic N) is 1. The summed E-state index contributed by atoms with van der Waals surface area (Å²) in [4.78, 5) is 2.03. The van der Waals surface area contributed by atoms with Crippen molar-refractivity contribution in [3.8, 4) is 0 Å². The molecule has 4 heteroatoms. The van der Waals surface area contributed by atoms with E-state index in [9.17, 15) is 0 Å². The van der Waals surface area contributed by atoms with E-state index in [2.05, 4.69) is 6.92 Å². The molecule has 1 atom stereocenters. The van der Waals surface area contributed by atoms with Crippen molar-refractivity contribution in [3.05, 3.63) is 0 Å². The zero-order chi connectivity index (χ0) is 6.57. The van der Waals surface area contributed by atoms with Crippen molar-refractivity contribution in [1.29, 1.82) is 0 Å². The fraction of sp³-hybridized carbons (Fsp3) is 1.00. The molecule has 0 rings (SSSR count). The maximum atomic E-state index is 5.65. The third-order valence-electron chi connectivity index (χ3n) is 1.25. The van der Waals surface area contributed by atoms with E-state index in [0.29, 0.717) is 0 Å². The van der Waals surface area contributed by atoms with Crippen molar-refractivity contribution >= 4 is 17.4 Å². The number of hydrogen-bond acceptors (Lipinski definition) is 2. The Labute approximate surface area is 92.8 Å². The van der Waals surface area contributed by atoms with Crippen molar-refractivity contribution in [2.24, 2.45) is 5.73 Å². The Balaban J connectivity index is -0.0000000163. The average Bonchev–Trinajstić information content (AvgIpc) is 1.67. The van der Waals surface area contributed by atoms with Crippen LogP contribution >= 0.6 is 0 Å². The van der Waals surface area contributed by atoms with Gasteiger partial charge in [0.05, 0.1) is 6.17 Å². The van der Waals surface area contributed by atoms with E-state index in [1.165, 1.54) is 6.42 Å². The van der Waals surface area contributed by atoms with Gasteiger partial charge in [-0.15, -0.1) is 0 Å². The summed E-state index contributed by atoms with van der Waals surface area (Å²) in [5.41, 5.74) is 5.65. The first-order valence-electron chi connectivity index (χ1n) is 3.10. The summed E-state index contributed by atoms with van der Waals surface area (Å²) in [6, 6.07) is 0. The van der Waals surface area contributed by atoms with Gasteiger partial charge in [0.2, 0.25) is 0 Å². The van der Waals surface area contributed by atoms with Gasteiger partial charge in [-0.05, 0) is 20.5 Å². The SMILES string of the molecule is CCCC(N)N(C)C.[Al+3].[H-].[H-].[H-].[H-].[Li+]. The second kappa shape index (κ2) is 10.0. The van der Waals surface area contributed by atoms with Gasteiger partial charge in [0.25, 0.3) is 0 Å². The number of nitrogens with two attached hydrogens (primary N) is 1. The molecule has 0 spiro atoms. The van der Waals surface area contributed by atoms with Crippen LogP contribution in [0.15, 0.2) is 0 Å². The third-order valence-corrected chi connectivity index (χ3v) is 1.25. The summed E-state index contributed by atoms with van der Waals surface area (Å²) in [6.45, 7) is 2.14. The molecule has 0 saturated carbocycles. The first-order valence-corrected chi connectivity index (χ1v) is 3.10. The van der Waals surface area contributed by atoms with Gasteiger partial charge < -0.3 is 11.4 Å². The molecule has 0 radical (unpaired) electrons. The molecule has 0 aromatic carbocycles. The molecule has 0 heterocycles. The fourth-order valence-corrected chi connectivity index (χ4v) is 0.554. The van der Waals surface area contributed by atoms with Crippen LogP contribution in [-0.4, -0.2) is 42.5 Å². The van der Waals surface area contributed by atoms with Gasteiger partial charge in [-0.3, -0.25) is 4.90 Å². The molecule has 0 aromatic rings. The van der Waals surface area contributed by atoms with Crippen LogP contribution in [0.2, 0.25) is 0 Å². The first kappa shape index (κ1) is 17.2. The Bertz CT molecular complexity index is 73.8. The third kappa shape index (κ3) is 9.05. The van der Waals surface area contributed by atoms with Crippen molar-refractivity contribution in [3.63, 3.8) is 0 Å². The molecule has 0 saturated heterocycles. The van der Waals surface area contributed by atoms with Gasteiger partial charge in [0.15, 0.2) is 0 Å². The van der Waals surface area contributed by atoms with Crippen LogP contribution in [0.5, 0.6) is 0 Å². The molecule has 0 bridgehead atoms. The second-order valence-corrected chi connectivity index (χ2v) is 2.32. The quantitative estimate of drug-likeness (QED) is 0.366. The molecule has 2 N–H and O–H groups in total. The molecule has 58 valence electrons. The molecular formula is C6H20AlLiN2. The predicted octanol–water partition coefficient (Wildman–Crippen LogP) is -2.29. The Morgan fingerprint density at radius 2 is 1.90 bits per heavy atom. The monoisotopic (exact) mass is 154 g/mol. The Kier molecular flexibility index (Phi) is 17.3. The molecule has 0 amide bonds. The van der Waals surface area contributed by atoms with Gasteiger partial charge >= 0.3 is 36.2 Å². The van der Waals surface area contributed by atoms with Crippen molar-refractivity contribution < 1.29 is 24.6 Å². The van der Waals surface area contributed by atoms with E-state index in [1.54, 1.807) is 0 Å². The van der Waals surface area contributed by atoms with Crippen LogP contribution in [0.25, 0.3) is 0 Å². The van der Waals surface area contributed by atoms with E-state index in [-0.39, 0.29) is 48.1 Å². The standard InChI is InChI=1S/C6H16N2.Al.Li.4H/c1-4-5-6(7)8(2)3;;;;;;/h6H,4-5,7H2,1-3H3;;;;;;/q;+3;+1;4*-1. The Morgan fingerprint density at radius 1 is 1.50 bits per heavy atom. The predicted molar refractivity (Wildman–Crippen MR) is 46.8 cm³/mol. The molecule has 1 unspecified atom stereocenters. The molecule has 0 aromatic heterocycles. The van der Waals surface area contributed by atoms with Crippen LogP contribution in [-0.2, 0) is 0 Å². The van der Waals surface area contributed by atoms with Crippen LogP contribution in [0, 0.1) is 0 Å². The van der Waals surface area contributed by atoms with Crippen LogP contribution in [0.4, 0.5) is 0 Å². The van der Waals surface area contributed by atoms with Crippen LogP contribution < -0.4 is 24.6 Å². The smallest absolute Gasteiger partial charge is 1.00 e. The second-order valence-electron chi connectivity index (χ2n) is 2.32. The van der Waals surface area contributed by atoms with Crippen molar-refractivity contribution in [2.45, 2.75) is 25.9 Å². The van der Waals surface area contributed by atoms with Crippen LogP contribution in [0.1, 0.15) is 25.5 Å². The molecule has 0 aliphatic carbocycles. The van der Waals surface area contributed by atoms with E-state index >= 15 is 0 Å². The fourth-order valence-electron chi connectivity index (χ4n) is 0.554. The minimum absolute atomic E-state index is 0. The molecule has 0 fully saturated rings. The Hall–Kier alpha value is 1.05. The molecule has 10 heavy (non-hydrogen) atoms. The zero-order valence-electron chi connectivity index (χ0n) is 11.6. The summed E-state index contributed by atoms with van der Waals surface area (Å²) in [5.74, 6) is 0. The maximum absolute atomic E-state index is 5.65. The van der Waals surface area contributed by atoms with Crippen LogP contribution in [0.3, 0.4) is 0 Å². The van der Waals surface area contributed by atoms with Gasteiger partial charge in [-0.1, -0.05) is 13.3 Å². The minimum Gasteiger partial charge on any atom is -1.00 e. The Morgan fingerprint density at radius 3 is 2.00 bits per heavy atom. The summed E-state index contributed by atoms with van der Waals surface area (Å²) in [5, 5.41) is 0. The number of rotatable bonds is 3. The largest absolute Gasteiger partial charge is 3.00 e. The van der Waals surface area contributed by atoms with E-state index < -0.39 is 0 Å². The van der Waals surface area contributed by atoms with E-state index in [1.807, 2.05) is 19.0 Å². The van der Waals surface area contributed by atoms with Crippen molar-refractivity contribution in [2.75, 3.05) is 14.1 Å². The van der Waals surface area contributed by atoms with E-state index in [4.69, 9.17) is 5.73 Å². The minimum atomic E-state index is 0. The summed E-state index contributed by atoms with van der Waals surface area (Å²) in [6.07, 6.45) is 2.51. The molecule has 2 nitrogen and oxygen atoms in total. The zero-order valence-corrected chi connectivity index (χ0v) is 8.75. The first-order chi connectivity index (χ1) is 3.68. The average molecular weight is 154 g/mol. The maximum Gasteiger partial charge on any atom is 3.00 e. The van der Waals surface area contributed by atoms with Crippen molar-refractivity contribution in [1.82, 2.24) is 4.90 Å².